The molecule has 3 N–H and O–H groups in total. The van der Waals surface area contributed by atoms with E-state index in [9.17, 15) is 5.11 Å². The molecule has 2 heterocycles. The Labute approximate surface area is 250 Å². The second-order valence-electron chi connectivity index (χ2n) is 9.63. The zero-order chi connectivity index (χ0) is 29.5. The van der Waals surface area contributed by atoms with Crippen LogP contribution < -0.4 is 10.1 Å². The third-order valence-corrected chi connectivity index (χ3v) is 7.66. The van der Waals surface area contributed by atoms with Gasteiger partial charge in [-0.2, -0.15) is 0 Å². The lowest BCUT2D eigenvalue weighted by Gasteiger charge is -2.29. The maximum absolute atomic E-state index is 9.76. The molecule has 11 heteroatoms. The van der Waals surface area contributed by atoms with E-state index in [1.54, 1.807) is 13.3 Å². The molecule has 9 nitrogen and oxygen atoms in total. The Bertz CT molecular complexity index is 1450. The van der Waals surface area contributed by atoms with Crippen molar-refractivity contribution in [1.82, 2.24) is 20.2 Å². The number of benzene rings is 2. The Morgan fingerprint density at radius 3 is 2.44 bits per heavy atom. The van der Waals surface area contributed by atoms with Crippen molar-refractivity contribution in [2.45, 2.75) is 25.5 Å². The van der Waals surface area contributed by atoms with Gasteiger partial charge in [0.1, 0.15) is 11.4 Å². The number of rotatable bonds is 10. The highest BCUT2D eigenvalue weighted by Gasteiger charge is 2.21. The standard InChI is InChI=1S/C30H34Cl2N6O3/c1-18(36-29(40-3)24(33)17-38-13-11-19(39)12-14-38)20-7-5-8-21(27(20)31)22-9-6-10-23(28(22)32)25-16-35-26(15-34-2)30(37-25)41-4/h5-10,16,19,33-34,39H,1,11-15,17H2,2-4H3. The van der Waals surface area contributed by atoms with E-state index in [-0.39, 0.29) is 17.7 Å². The van der Waals surface area contributed by atoms with E-state index in [1.165, 1.54) is 7.11 Å². The predicted octanol–water partition coefficient (Wildman–Crippen LogP) is 5.34. The lowest BCUT2D eigenvalue weighted by molar-refractivity contribution is 0.0897. The van der Waals surface area contributed by atoms with E-state index in [2.05, 4.69) is 31.8 Å². The molecule has 0 atom stereocenters. The number of methoxy groups -OCH3 is 2. The summed E-state index contributed by atoms with van der Waals surface area (Å²) >= 11 is 13.8. The lowest BCUT2D eigenvalue weighted by Crippen LogP contribution is -2.40. The Hall–Kier alpha value is -3.34. The number of halogens is 2. The molecule has 216 valence electrons. The van der Waals surface area contributed by atoms with Gasteiger partial charge in [-0.05, 0) is 19.9 Å². The molecule has 1 aromatic heterocycles. The SMILES string of the molecule is C=C(N=C(OC)C(=N)CN1CCC(O)CC1)c1cccc(-c2cccc(-c3cnc(CNC)c(OC)n3)c2Cl)c1Cl. The molecule has 0 bridgehead atoms. The predicted molar refractivity (Wildman–Crippen MR) is 165 cm³/mol. The number of aliphatic hydroxyl groups excluding tert-OH is 1. The number of ether oxygens (including phenoxy) is 2. The van der Waals surface area contributed by atoms with Crippen molar-refractivity contribution in [3.8, 4) is 28.3 Å². The monoisotopic (exact) mass is 596 g/mol. The van der Waals surface area contributed by atoms with Crippen LogP contribution in [-0.2, 0) is 11.3 Å². The van der Waals surface area contributed by atoms with E-state index in [1.807, 2.05) is 43.4 Å². The summed E-state index contributed by atoms with van der Waals surface area (Å²) in [7, 11) is 4.86. The fraction of sp³-hybridized carbons (Fsp3) is 0.333. The van der Waals surface area contributed by atoms with Gasteiger partial charge in [-0.15, -0.1) is 0 Å². The van der Waals surface area contributed by atoms with Gasteiger partial charge in [0.2, 0.25) is 11.8 Å². The molecular weight excluding hydrogens is 563 g/mol. The average Bonchev–Trinajstić information content (AvgIpc) is 2.97. The third kappa shape index (κ3) is 7.12. The third-order valence-electron chi connectivity index (χ3n) is 6.85. The highest BCUT2D eigenvalue weighted by Crippen LogP contribution is 2.41. The van der Waals surface area contributed by atoms with Crippen molar-refractivity contribution in [3.63, 3.8) is 0 Å². The fourth-order valence-electron chi connectivity index (χ4n) is 4.67. The minimum atomic E-state index is -0.279. The molecule has 2 aromatic carbocycles. The van der Waals surface area contributed by atoms with Crippen molar-refractivity contribution in [1.29, 1.82) is 5.41 Å². The molecule has 1 aliphatic rings. The van der Waals surface area contributed by atoms with Crippen LogP contribution in [0.25, 0.3) is 28.1 Å². The van der Waals surface area contributed by atoms with Crippen molar-refractivity contribution in [2.75, 3.05) is 40.9 Å². The van der Waals surface area contributed by atoms with Gasteiger partial charge < -0.3 is 19.9 Å². The van der Waals surface area contributed by atoms with Gasteiger partial charge in [0, 0.05) is 48.4 Å². The van der Waals surface area contributed by atoms with E-state index in [0.717, 1.165) is 0 Å². The topological polar surface area (TPSA) is 116 Å². The number of aromatic nitrogens is 2. The smallest absolute Gasteiger partial charge is 0.237 e. The number of aliphatic hydroxyl groups is 1. The van der Waals surface area contributed by atoms with Crippen molar-refractivity contribution >= 4 is 40.5 Å². The first-order chi connectivity index (χ1) is 19.8. The molecule has 41 heavy (non-hydrogen) atoms. The molecule has 0 unspecified atom stereocenters. The van der Waals surface area contributed by atoms with Crippen molar-refractivity contribution < 1.29 is 14.6 Å². The molecule has 0 radical (unpaired) electrons. The van der Waals surface area contributed by atoms with Gasteiger partial charge in [-0.1, -0.05) is 66.2 Å². The summed E-state index contributed by atoms with van der Waals surface area (Å²) in [5, 5.41) is 22.2. The fourth-order valence-corrected chi connectivity index (χ4v) is 5.33. The summed E-state index contributed by atoms with van der Waals surface area (Å²) in [6.07, 6.45) is 2.77. The normalized spacial score (nSPS) is 14.6. The lowest BCUT2D eigenvalue weighted by atomic mass is 9.99. The van der Waals surface area contributed by atoms with Crippen LogP contribution in [0.5, 0.6) is 5.88 Å². The van der Waals surface area contributed by atoms with E-state index >= 15 is 0 Å². The summed E-state index contributed by atoms with van der Waals surface area (Å²) < 4.78 is 10.9. The van der Waals surface area contributed by atoms with E-state index in [0.29, 0.717) is 94.3 Å². The number of hydrogen-bond donors (Lipinski definition) is 3. The summed E-state index contributed by atoms with van der Waals surface area (Å²) in [5.74, 6) is 0.585. The Morgan fingerprint density at radius 1 is 1.12 bits per heavy atom. The first-order valence-electron chi connectivity index (χ1n) is 13.2. The van der Waals surface area contributed by atoms with E-state index in [4.69, 9.17) is 38.1 Å². The number of piperidine rings is 1. The zero-order valence-electron chi connectivity index (χ0n) is 23.4. The molecule has 0 amide bonds. The zero-order valence-corrected chi connectivity index (χ0v) is 24.9. The molecule has 4 rings (SSSR count). The van der Waals surface area contributed by atoms with Crippen molar-refractivity contribution in [3.05, 3.63) is 70.5 Å². The number of aliphatic imine (C=N–C) groups is 1. The maximum Gasteiger partial charge on any atom is 0.237 e. The summed E-state index contributed by atoms with van der Waals surface area (Å²) in [6.45, 7) is 6.43. The Balaban J connectivity index is 1.62. The second-order valence-corrected chi connectivity index (χ2v) is 10.4. The van der Waals surface area contributed by atoms with Crippen LogP contribution in [0.3, 0.4) is 0 Å². The number of hydrogen-bond acceptors (Lipinski definition) is 9. The molecule has 0 aliphatic carbocycles. The first kappa shape index (κ1) is 30.6. The second kappa shape index (κ2) is 14.0. The highest BCUT2D eigenvalue weighted by atomic mass is 35.5. The average molecular weight is 598 g/mol. The largest absolute Gasteiger partial charge is 0.480 e. The Kier molecular flexibility index (Phi) is 10.5. The summed E-state index contributed by atoms with van der Waals surface area (Å²) in [6, 6.07) is 11.2. The summed E-state index contributed by atoms with van der Waals surface area (Å²) in [5.41, 5.74) is 4.53. The van der Waals surface area contributed by atoms with Gasteiger partial charge in [0.25, 0.3) is 0 Å². The van der Waals surface area contributed by atoms with Crippen LogP contribution in [0.2, 0.25) is 10.0 Å². The minimum absolute atomic E-state index is 0.164. The Morgan fingerprint density at radius 2 is 1.78 bits per heavy atom. The molecule has 0 spiro atoms. The summed E-state index contributed by atoms with van der Waals surface area (Å²) in [4.78, 5) is 15.7. The van der Waals surface area contributed by atoms with Crippen LogP contribution in [0.4, 0.5) is 0 Å². The molecule has 0 saturated carbocycles. The molecule has 1 saturated heterocycles. The molecule has 3 aromatic rings. The highest BCUT2D eigenvalue weighted by molar-refractivity contribution is 6.40. The van der Waals surface area contributed by atoms with Crippen LogP contribution in [0.15, 0.2) is 54.2 Å². The van der Waals surface area contributed by atoms with Gasteiger partial charge in [0.05, 0.1) is 48.0 Å². The van der Waals surface area contributed by atoms with Gasteiger partial charge in [0.15, 0.2) is 0 Å². The number of nitrogens with zero attached hydrogens (tertiary/aromatic N) is 4. The van der Waals surface area contributed by atoms with Gasteiger partial charge >= 0.3 is 0 Å². The first-order valence-corrected chi connectivity index (χ1v) is 13.9. The molecule has 1 fully saturated rings. The van der Waals surface area contributed by atoms with Crippen molar-refractivity contribution in [2.24, 2.45) is 4.99 Å². The van der Waals surface area contributed by atoms with Crippen LogP contribution in [-0.4, -0.2) is 78.6 Å². The molecular formula is C30H34Cl2N6O3. The van der Waals surface area contributed by atoms with Crippen LogP contribution in [0, 0.1) is 5.41 Å². The quantitative estimate of drug-likeness (QED) is 0.214. The maximum atomic E-state index is 9.76. The minimum Gasteiger partial charge on any atom is -0.480 e. The van der Waals surface area contributed by atoms with Crippen LogP contribution in [0.1, 0.15) is 24.1 Å². The van der Waals surface area contributed by atoms with Gasteiger partial charge in [-0.3, -0.25) is 15.3 Å². The van der Waals surface area contributed by atoms with E-state index < -0.39 is 0 Å². The number of likely N-dealkylation sites (tertiary alicyclic amines) is 1. The van der Waals surface area contributed by atoms with Gasteiger partial charge in [-0.25, -0.2) is 9.98 Å². The molecule has 1 aliphatic heterocycles. The van der Waals surface area contributed by atoms with Crippen LogP contribution >= 0.6 is 23.2 Å². The number of nitrogens with one attached hydrogen (secondary N) is 2.